The van der Waals surface area contributed by atoms with E-state index in [1.54, 1.807) is 0 Å². The van der Waals surface area contributed by atoms with E-state index >= 15 is 0 Å². The Morgan fingerprint density at radius 3 is 2.68 bits per heavy atom. The number of rotatable bonds is 8. The van der Waals surface area contributed by atoms with Crippen molar-refractivity contribution in [3.8, 4) is 0 Å². The first-order valence-electron chi connectivity index (χ1n) is 9.48. The second kappa shape index (κ2) is 9.90. The van der Waals surface area contributed by atoms with Crippen LogP contribution in [0.2, 0.25) is 0 Å². The molecule has 5 heteroatoms. The standard InChI is InChI=1S/C20H34N4O/c1-16(2)14-18(21)20(25)22-10-7-11-24-13-12-23(3)15-19(24)17-8-5-4-6-9-17/h4-6,8-9,16,18-19H,7,10-15,21H2,1-3H3,(H,22,25)/t18-,19?/m0/s1. The predicted octanol–water partition coefficient (Wildman–Crippen LogP) is 1.85. The lowest BCUT2D eigenvalue weighted by Crippen LogP contribution is -2.47. The zero-order chi connectivity index (χ0) is 18.2. The largest absolute Gasteiger partial charge is 0.355 e. The average molecular weight is 347 g/mol. The molecule has 0 saturated carbocycles. The van der Waals surface area contributed by atoms with E-state index in [2.05, 4.69) is 66.3 Å². The molecule has 0 aromatic heterocycles. The molecule has 0 aliphatic carbocycles. The molecule has 1 saturated heterocycles. The van der Waals surface area contributed by atoms with Gasteiger partial charge in [-0.3, -0.25) is 9.69 Å². The average Bonchev–Trinajstić information content (AvgIpc) is 2.59. The minimum absolute atomic E-state index is 0.0216. The summed E-state index contributed by atoms with van der Waals surface area (Å²) in [4.78, 5) is 16.9. The third kappa shape index (κ3) is 6.42. The number of likely N-dealkylation sites (N-methyl/N-ethyl adjacent to an activating group) is 1. The molecule has 0 spiro atoms. The van der Waals surface area contributed by atoms with E-state index in [4.69, 9.17) is 5.73 Å². The normalized spacial score (nSPS) is 20.6. The Bertz CT molecular complexity index is 520. The molecule has 2 atom stereocenters. The van der Waals surface area contributed by atoms with Crippen LogP contribution in [-0.4, -0.2) is 61.5 Å². The molecular formula is C20H34N4O. The Morgan fingerprint density at radius 2 is 2.00 bits per heavy atom. The van der Waals surface area contributed by atoms with E-state index in [1.807, 2.05) is 0 Å². The first kappa shape index (κ1) is 19.9. The molecule has 0 radical (unpaired) electrons. The third-order valence-corrected chi connectivity index (χ3v) is 4.86. The summed E-state index contributed by atoms with van der Waals surface area (Å²) in [6.45, 7) is 9.07. The number of piperazine rings is 1. The summed E-state index contributed by atoms with van der Waals surface area (Å²) in [6.07, 6.45) is 1.69. The van der Waals surface area contributed by atoms with Gasteiger partial charge >= 0.3 is 0 Å². The van der Waals surface area contributed by atoms with Crippen LogP contribution in [0.4, 0.5) is 0 Å². The fraction of sp³-hybridized carbons (Fsp3) is 0.650. The number of carbonyl (C=O) groups is 1. The van der Waals surface area contributed by atoms with Gasteiger partial charge < -0.3 is 16.0 Å². The van der Waals surface area contributed by atoms with E-state index in [0.717, 1.165) is 39.0 Å². The van der Waals surface area contributed by atoms with E-state index in [0.29, 0.717) is 18.5 Å². The highest BCUT2D eigenvalue weighted by Gasteiger charge is 2.26. The monoisotopic (exact) mass is 346 g/mol. The number of hydrogen-bond acceptors (Lipinski definition) is 4. The van der Waals surface area contributed by atoms with Crippen LogP contribution in [0.15, 0.2) is 30.3 Å². The molecule has 1 aliphatic rings. The lowest BCUT2D eigenvalue weighted by Gasteiger charge is -2.40. The summed E-state index contributed by atoms with van der Waals surface area (Å²) in [5.74, 6) is 0.421. The smallest absolute Gasteiger partial charge is 0.236 e. The lowest BCUT2D eigenvalue weighted by molar-refractivity contribution is -0.122. The summed E-state index contributed by atoms with van der Waals surface area (Å²) in [7, 11) is 2.18. The number of nitrogens with one attached hydrogen (secondary N) is 1. The van der Waals surface area contributed by atoms with E-state index in [9.17, 15) is 4.79 Å². The van der Waals surface area contributed by atoms with Crippen molar-refractivity contribution in [2.45, 2.75) is 38.8 Å². The number of carbonyl (C=O) groups excluding carboxylic acids is 1. The predicted molar refractivity (Wildman–Crippen MR) is 103 cm³/mol. The number of amides is 1. The van der Waals surface area contributed by atoms with E-state index < -0.39 is 0 Å². The van der Waals surface area contributed by atoms with Crippen molar-refractivity contribution in [3.05, 3.63) is 35.9 Å². The third-order valence-electron chi connectivity index (χ3n) is 4.86. The maximum atomic E-state index is 12.0. The van der Waals surface area contributed by atoms with Gasteiger partial charge in [-0.2, -0.15) is 0 Å². The molecule has 1 aromatic rings. The Labute approximate surface area is 152 Å². The molecule has 3 N–H and O–H groups in total. The molecule has 1 unspecified atom stereocenters. The quantitative estimate of drug-likeness (QED) is 0.705. The highest BCUT2D eigenvalue weighted by molar-refractivity contribution is 5.81. The minimum atomic E-state index is -0.388. The highest BCUT2D eigenvalue weighted by Crippen LogP contribution is 2.24. The topological polar surface area (TPSA) is 61.6 Å². The van der Waals surface area contributed by atoms with E-state index in [-0.39, 0.29) is 11.9 Å². The number of hydrogen-bond donors (Lipinski definition) is 2. The van der Waals surface area contributed by atoms with Crippen molar-refractivity contribution in [1.82, 2.24) is 15.1 Å². The zero-order valence-electron chi connectivity index (χ0n) is 15.9. The van der Waals surface area contributed by atoms with Crippen molar-refractivity contribution >= 4 is 5.91 Å². The van der Waals surface area contributed by atoms with Gasteiger partial charge in [0.1, 0.15) is 0 Å². The first-order chi connectivity index (χ1) is 12.0. The van der Waals surface area contributed by atoms with Gasteiger partial charge in [-0.25, -0.2) is 0 Å². The van der Waals surface area contributed by atoms with Crippen molar-refractivity contribution in [3.63, 3.8) is 0 Å². The molecule has 1 fully saturated rings. The van der Waals surface area contributed by atoms with Gasteiger partial charge in [-0.15, -0.1) is 0 Å². The molecule has 140 valence electrons. The number of nitrogens with zero attached hydrogens (tertiary/aromatic N) is 2. The van der Waals surface area contributed by atoms with Gasteiger partial charge in [0.05, 0.1) is 6.04 Å². The summed E-state index contributed by atoms with van der Waals surface area (Å²) in [6, 6.07) is 10.7. The second-order valence-electron chi connectivity index (χ2n) is 7.61. The fourth-order valence-electron chi connectivity index (χ4n) is 3.46. The van der Waals surface area contributed by atoms with Gasteiger partial charge in [-0.05, 0) is 31.4 Å². The van der Waals surface area contributed by atoms with Crippen LogP contribution in [0.3, 0.4) is 0 Å². The van der Waals surface area contributed by atoms with Crippen molar-refractivity contribution in [1.29, 1.82) is 0 Å². The number of nitrogens with two attached hydrogens (primary N) is 1. The van der Waals surface area contributed by atoms with Crippen LogP contribution in [-0.2, 0) is 4.79 Å². The molecule has 2 rings (SSSR count). The highest BCUT2D eigenvalue weighted by atomic mass is 16.2. The Kier molecular flexibility index (Phi) is 7.88. The molecule has 5 nitrogen and oxygen atoms in total. The molecule has 1 aliphatic heterocycles. The summed E-state index contributed by atoms with van der Waals surface area (Å²) in [5, 5.41) is 2.99. The van der Waals surface area contributed by atoms with Crippen LogP contribution in [0.1, 0.15) is 38.3 Å². The molecular weight excluding hydrogens is 312 g/mol. The Hall–Kier alpha value is -1.43. The van der Waals surface area contributed by atoms with Gasteiger partial charge in [0.2, 0.25) is 5.91 Å². The van der Waals surface area contributed by atoms with Crippen LogP contribution < -0.4 is 11.1 Å². The van der Waals surface area contributed by atoms with Crippen LogP contribution in [0.5, 0.6) is 0 Å². The van der Waals surface area contributed by atoms with Crippen molar-refractivity contribution in [2.24, 2.45) is 11.7 Å². The Morgan fingerprint density at radius 1 is 1.28 bits per heavy atom. The maximum absolute atomic E-state index is 12.0. The van der Waals surface area contributed by atoms with Crippen molar-refractivity contribution < 1.29 is 4.79 Å². The van der Waals surface area contributed by atoms with Gasteiger partial charge in [0.15, 0.2) is 0 Å². The molecule has 1 amide bonds. The molecule has 1 aromatic carbocycles. The fourth-order valence-corrected chi connectivity index (χ4v) is 3.46. The summed E-state index contributed by atoms with van der Waals surface area (Å²) in [5.41, 5.74) is 7.30. The van der Waals surface area contributed by atoms with Crippen molar-refractivity contribution in [2.75, 3.05) is 39.8 Å². The van der Waals surface area contributed by atoms with Crippen LogP contribution in [0, 0.1) is 5.92 Å². The Balaban J connectivity index is 1.79. The summed E-state index contributed by atoms with van der Waals surface area (Å²) < 4.78 is 0. The molecule has 25 heavy (non-hydrogen) atoms. The maximum Gasteiger partial charge on any atom is 0.236 e. The van der Waals surface area contributed by atoms with Gasteiger partial charge in [0, 0.05) is 38.8 Å². The minimum Gasteiger partial charge on any atom is -0.355 e. The molecule has 0 bridgehead atoms. The van der Waals surface area contributed by atoms with Gasteiger partial charge in [-0.1, -0.05) is 44.2 Å². The van der Waals surface area contributed by atoms with Gasteiger partial charge in [0.25, 0.3) is 0 Å². The second-order valence-corrected chi connectivity index (χ2v) is 7.61. The SMILES string of the molecule is CC(C)C[C@H](N)C(=O)NCCCN1CCN(C)CC1c1ccccc1. The number of benzene rings is 1. The van der Waals surface area contributed by atoms with Crippen LogP contribution in [0.25, 0.3) is 0 Å². The zero-order valence-corrected chi connectivity index (χ0v) is 15.9. The lowest BCUT2D eigenvalue weighted by atomic mass is 10.0. The van der Waals surface area contributed by atoms with E-state index in [1.165, 1.54) is 5.56 Å². The summed E-state index contributed by atoms with van der Waals surface area (Å²) >= 11 is 0. The van der Waals surface area contributed by atoms with Crippen LogP contribution >= 0.6 is 0 Å². The first-order valence-corrected chi connectivity index (χ1v) is 9.48. The molecule has 1 heterocycles.